The summed E-state index contributed by atoms with van der Waals surface area (Å²) in [7, 11) is 5.27. The Labute approximate surface area is 253 Å². The summed E-state index contributed by atoms with van der Waals surface area (Å²) >= 11 is 0. The highest BCUT2D eigenvalue weighted by Crippen LogP contribution is 2.37. The van der Waals surface area contributed by atoms with Crippen LogP contribution in [-0.4, -0.2) is 81.5 Å². The van der Waals surface area contributed by atoms with Crippen molar-refractivity contribution in [2.24, 2.45) is 0 Å². The van der Waals surface area contributed by atoms with Gasteiger partial charge in [-0.1, -0.05) is 43.3 Å². The van der Waals surface area contributed by atoms with Crippen LogP contribution in [0.1, 0.15) is 32.4 Å². The van der Waals surface area contributed by atoms with Gasteiger partial charge < -0.3 is 15.0 Å². The predicted molar refractivity (Wildman–Crippen MR) is 174 cm³/mol. The molecule has 9 heteroatoms. The molecule has 5 aromatic rings. The number of urea groups is 1. The Morgan fingerprint density at radius 3 is 2.30 bits per heavy atom. The molecule has 2 amide bonds. The van der Waals surface area contributed by atoms with Crippen LogP contribution in [0.3, 0.4) is 0 Å². The zero-order valence-corrected chi connectivity index (χ0v) is 25.9. The zero-order valence-electron chi connectivity index (χ0n) is 25.9. The molecule has 224 valence electrons. The minimum Gasteiger partial charge on any atom is -0.395 e. The number of carbonyl (C=O) groups is 1. The lowest BCUT2D eigenvalue weighted by molar-refractivity contribution is 0.197. The molecule has 0 radical (unpaired) electrons. The Balaban J connectivity index is 1.50. The van der Waals surface area contributed by atoms with Crippen molar-refractivity contribution in [2.75, 3.05) is 45.7 Å². The highest BCUT2D eigenvalue weighted by Gasteiger charge is 2.19. The predicted octanol–water partition coefficient (Wildman–Crippen LogP) is 6.27. The third-order valence-electron chi connectivity index (χ3n) is 7.82. The van der Waals surface area contributed by atoms with Crippen LogP contribution < -0.4 is 4.90 Å². The average Bonchev–Trinajstić information content (AvgIpc) is 3.66. The van der Waals surface area contributed by atoms with Crippen molar-refractivity contribution in [1.29, 1.82) is 0 Å². The van der Waals surface area contributed by atoms with Crippen LogP contribution in [0.25, 0.3) is 44.7 Å². The van der Waals surface area contributed by atoms with Crippen LogP contribution in [0.4, 0.5) is 10.5 Å². The maximum absolute atomic E-state index is 12.5. The van der Waals surface area contributed by atoms with Crippen molar-refractivity contribution < 1.29 is 9.90 Å². The van der Waals surface area contributed by atoms with E-state index in [1.807, 2.05) is 41.2 Å². The molecule has 0 spiro atoms. The third-order valence-corrected chi connectivity index (χ3v) is 7.82. The number of amides is 2. The van der Waals surface area contributed by atoms with Gasteiger partial charge in [0.05, 0.1) is 6.61 Å². The number of hydrogen-bond donors (Lipinski definition) is 2. The Hall–Kier alpha value is -4.47. The summed E-state index contributed by atoms with van der Waals surface area (Å²) in [6, 6.07) is 20.8. The number of aromatic nitrogens is 4. The van der Waals surface area contributed by atoms with Gasteiger partial charge in [0.2, 0.25) is 0 Å². The minimum atomic E-state index is -0.0840. The minimum absolute atomic E-state index is 0.0840. The summed E-state index contributed by atoms with van der Waals surface area (Å²) in [5, 5.41) is 15.3. The van der Waals surface area contributed by atoms with E-state index in [4.69, 9.17) is 5.10 Å². The molecule has 0 unspecified atom stereocenters. The fraction of sp³-hybridized carbons (Fsp3) is 0.324. The number of benzene rings is 2. The molecule has 0 aliphatic rings. The van der Waals surface area contributed by atoms with Crippen molar-refractivity contribution in [3.8, 4) is 33.6 Å². The Bertz CT molecular complexity index is 1680. The van der Waals surface area contributed by atoms with Crippen molar-refractivity contribution >= 4 is 22.8 Å². The number of H-pyrrole nitrogens is 1. The molecule has 0 saturated heterocycles. The zero-order chi connectivity index (χ0) is 30.7. The van der Waals surface area contributed by atoms with Crippen molar-refractivity contribution in [3.05, 3.63) is 78.6 Å². The fourth-order valence-corrected chi connectivity index (χ4v) is 5.28. The van der Waals surface area contributed by atoms with Crippen LogP contribution in [0, 0.1) is 0 Å². The van der Waals surface area contributed by atoms with Gasteiger partial charge in [-0.05, 0) is 61.3 Å². The molecule has 0 atom stereocenters. The summed E-state index contributed by atoms with van der Waals surface area (Å²) in [5.74, 6) is 0. The first-order chi connectivity index (χ1) is 20.7. The van der Waals surface area contributed by atoms with Gasteiger partial charge >= 0.3 is 6.03 Å². The quantitative estimate of drug-likeness (QED) is 0.203. The molecule has 3 aromatic heterocycles. The average molecular weight is 580 g/mol. The second-order valence-corrected chi connectivity index (χ2v) is 11.3. The number of aliphatic hydroxyl groups is 1. The number of rotatable bonds is 10. The van der Waals surface area contributed by atoms with Crippen molar-refractivity contribution in [3.63, 3.8) is 0 Å². The Morgan fingerprint density at radius 1 is 0.977 bits per heavy atom. The van der Waals surface area contributed by atoms with Crippen LogP contribution in [-0.2, 0) is 6.54 Å². The normalized spacial score (nSPS) is 11.6. The largest absolute Gasteiger partial charge is 0.395 e. The monoisotopic (exact) mass is 579 g/mol. The van der Waals surface area contributed by atoms with Crippen molar-refractivity contribution in [2.45, 2.75) is 33.4 Å². The van der Waals surface area contributed by atoms with E-state index in [2.05, 4.69) is 72.2 Å². The number of carbonyl (C=O) groups excluding carboxylic acids is 1. The van der Waals surface area contributed by atoms with E-state index in [1.54, 1.807) is 30.9 Å². The van der Waals surface area contributed by atoms with Gasteiger partial charge in [-0.25, -0.2) is 9.78 Å². The molecule has 0 fully saturated rings. The molecule has 3 heterocycles. The van der Waals surface area contributed by atoms with E-state index in [-0.39, 0.29) is 18.7 Å². The number of nitrogens with one attached hydrogen (secondary N) is 1. The molecule has 2 aromatic carbocycles. The van der Waals surface area contributed by atoms with E-state index in [1.165, 1.54) is 5.56 Å². The number of pyridine rings is 1. The molecule has 0 aliphatic heterocycles. The van der Waals surface area contributed by atoms with Gasteiger partial charge in [-0.2, -0.15) is 5.10 Å². The molecule has 2 N–H and O–H groups in total. The highest BCUT2D eigenvalue weighted by atomic mass is 16.3. The van der Waals surface area contributed by atoms with E-state index in [0.29, 0.717) is 6.54 Å². The molecule has 0 aliphatic carbocycles. The summed E-state index contributed by atoms with van der Waals surface area (Å²) < 4.78 is 2.00. The van der Waals surface area contributed by atoms with E-state index >= 15 is 0 Å². The first kappa shape index (κ1) is 30.0. The van der Waals surface area contributed by atoms with Crippen LogP contribution >= 0.6 is 0 Å². The topological polar surface area (TPSA) is 93.5 Å². The molecule has 9 nitrogen and oxygen atoms in total. The number of aromatic amines is 1. The first-order valence-corrected chi connectivity index (χ1v) is 14.7. The Morgan fingerprint density at radius 2 is 1.67 bits per heavy atom. The maximum atomic E-state index is 12.5. The van der Waals surface area contributed by atoms with Crippen LogP contribution in [0.2, 0.25) is 0 Å². The van der Waals surface area contributed by atoms with E-state index < -0.39 is 0 Å². The molecule has 0 saturated carbocycles. The molecule has 43 heavy (non-hydrogen) atoms. The number of fused-ring (bicyclic) bond motifs is 1. The lowest BCUT2D eigenvalue weighted by atomic mass is 9.99. The van der Waals surface area contributed by atoms with Gasteiger partial charge in [-0.15, -0.1) is 0 Å². The fourth-order valence-electron chi connectivity index (χ4n) is 5.28. The molecular formula is C34H41N7O2. The molecular weight excluding hydrogens is 538 g/mol. The lowest BCUT2D eigenvalue weighted by Crippen LogP contribution is -2.36. The van der Waals surface area contributed by atoms with Gasteiger partial charge in [0.15, 0.2) is 0 Å². The number of aliphatic hydroxyl groups excluding tert-OH is 1. The maximum Gasteiger partial charge on any atom is 0.323 e. The molecule has 5 rings (SSSR count). The highest BCUT2D eigenvalue weighted by molar-refractivity contribution is 5.99. The summed E-state index contributed by atoms with van der Waals surface area (Å²) in [5.41, 5.74) is 8.86. The number of likely N-dealkylation sites (N-methyl/N-ethyl adjacent to an activating group) is 1. The second-order valence-electron chi connectivity index (χ2n) is 11.3. The molecule has 0 bridgehead atoms. The van der Waals surface area contributed by atoms with Gasteiger partial charge in [0.1, 0.15) is 11.3 Å². The third kappa shape index (κ3) is 6.33. The van der Waals surface area contributed by atoms with Gasteiger partial charge in [-0.3, -0.25) is 14.5 Å². The van der Waals surface area contributed by atoms with Crippen LogP contribution in [0.5, 0.6) is 0 Å². The lowest BCUT2D eigenvalue weighted by Gasteiger charge is -2.22. The summed E-state index contributed by atoms with van der Waals surface area (Å²) in [4.78, 5) is 26.0. The van der Waals surface area contributed by atoms with E-state index in [9.17, 15) is 9.90 Å². The first-order valence-electron chi connectivity index (χ1n) is 14.7. The number of anilines is 1. The smallest absolute Gasteiger partial charge is 0.323 e. The van der Waals surface area contributed by atoms with Crippen LogP contribution in [0.15, 0.2) is 73.1 Å². The SMILES string of the molecule is CCN(CCO)Cc1ccc(-c2cc3c(-c4cn(C(C)C)nc4-c4ccc(N(C)C(=O)N(C)C)cc4)ccnc3[nH]2)cc1. The van der Waals surface area contributed by atoms with Gasteiger partial charge in [0, 0.05) is 80.6 Å². The number of nitrogens with zero attached hydrogens (tertiary/aromatic N) is 6. The summed E-state index contributed by atoms with van der Waals surface area (Å²) in [6.45, 7) is 8.88. The Kier molecular flexibility index (Phi) is 8.94. The number of hydrogen-bond acceptors (Lipinski definition) is 5. The second kappa shape index (κ2) is 12.8. The summed E-state index contributed by atoms with van der Waals surface area (Å²) in [6.07, 6.45) is 3.95. The van der Waals surface area contributed by atoms with Gasteiger partial charge in [0.25, 0.3) is 0 Å². The van der Waals surface area contributed by atoms with E-state index in [0.717, 1.165) is 63.5 Å². The van der Waals surface area contributed by atoms with Crippen molar-refractivity contribution in [1.82, 2.24) is 29.5 Å². The standard InChI is InChI=1S/C34H41N7O2/c1-7-40(18-19-42)21-24-8-10-25(11-9-24)31-20-29-28(16-17-35-33(29)36-31)30-22-41(23(2)3)37-32(30)26-12-14-27(15-13-26)39(6)34(43)38(4)5/h8-17,20,22-23,42H,7,18-19,21H2,1-6H3,(H,35,36).